The summed E-state index contributed by atoms with van der Waals surface area (Å²) in [6, 6.07) is 11.7. The number of carboxylic acids is 1. The molecule has 148 valence electrons. The number of benzene rings is 2. The molecule has 2 rings (SSSR count). The van der Waals surface area contributed by atoms with E-state index in [1.165, 1.54) is 24.3 Å². The highest BCUT2D eigenvalue weighted by molar-refractivity contribution is 7.90. The van der Waals surface area contributed by atoms with E-state index < -0.39 is 39.2 Å². The van der Waals surface area contributed by atoms with E-state index in [1.807, 2.05) is 0 Å². The van der Waals surface area contributed by atoms with Crippen molar-refractivity contribution < 1.29 is 36.3 Å². The number of alkyl halides is 3. The van der Waals surface area contributed by atoms with Crippen molar-refractivity contribution in [2.24, 2.45) is 0 Å². The highest BCUT2D eigenvalue weighted by Gasteiger charge is 2.40. The molecule has 2 aromatic carbocycles. The van der Waals surface area contributed by atoms with Gasteiger partial charge in [0.1, 0.15) is 0 Å². The Bertz CT molecular complexity index is 1030. The van der Waals surface area contributed by atoms with Crippen LogP contribution in [0.15, 0.2) is 59.5 Å². The first kappa shape index (κ1) is 21.2. The van der Waals surface area contributed by atoms with E-state index in [0.29, 0.717) is 0 Å². The van der Waals surface area contributed by atoms with Gasteiger partial charge in [0.2, 0.25) is 0 Å². The van der Waals surface area contributed by atoms with Gasteiger partial charge in [-0.2, -0.15) is 13.2 Å². The number of halogens is 3. The van der Waals surface area contributed by atoms with Crippen LogP contribution >= 0.6 is 0 Å². The summed E-state index contributed by atoms with van der Waals surface area (Å²) in [5.41, 5.74) is -1.24. The molecule has 0 saturated carbocycles. The van der Waals surface area contributed by atoms with Crippen molar-refractivity contribution >= 4 is 33.0 Å². The van der Waals surface area contributed by atoms with Crippen LogP contribution in [-0.4, -0.2) is 37.8 Å². The number of aliphatic carboxylic acids is 1. The molecule has 0 aliphatic rings. The zero-order chi connectivity index (χ0) is 21.1. The molecule has 0 aromatic heterocycles. The Morgan fingerprint density at radius 3 is 1.89 bits per heavy atom. The summed E-state index contributed by atoms with van der Waals surface area (Å²) in [5, 5.41) is 11.2. The van der Waals surface area contributed by atoms with Gasteiger partial charge in [0, 0.05) is 6.26 Å². The number of carbonyl (C=O) groups excluding carboxylic acids is 1. The molecule has 2 N–H and O–H groups in total. The molecule has 10 heteroatoms. The number of carboxylic acid groups (broad SMARTS) is 1. The van der Waals surface area contributed by atoms with E-state index in [4.69, 9.17) is 0 Å². The fourth-order valence-corrected chi connectivity index (χ4v) is 2.94. The molecule has 1 amide bonds. The Balaban J connectivity index is 2.72. The quantitative estimate of drug-likeness (QED) is 0.580. The number of amides is 1. The topological polar surface area (TPSA) is 101 Å². The molecule has 0 aliphatic heterocycles. The van der Waals surface area contributed by atoms with Crippen molar-refractivity contribution in [1.82, 2.24) is 5.32 Å². The minimum Gasteiger partial charge on any atom is -0.478 e. The molecule has 0 radical (unpaired) electrons. The second-order valence-corrected chi connectivity index (χ2v) is 7.69. The lowest BCUT2D eigenvalue weighted by Crippen LogP contribution is -2.36. The van der Waals surface area contributed by atoms with Gasteiger partial charge >= 0.3 is 18.1 Å². The molecule has 6 nitrogen and oxygen atoms in total. The average Bonchev–Trinajstić information content (AvgIpc) is 2.60. The summed E-state index contributed by atoms with van der Waals surface area (Å²) in [4.78, 5) is 23.1. The third-order valence-electron chi connectivity index (χ3n) is 3.59. The second kappa shape index (κ2) is 7.85. The summed E-state index contributed by atoms with van der Waals surface area (Å²) in [5.74, 6) is -3.93. The van der Waals surface area contributed by atoms with Gasteiger partial charge in [-0.15, -0.1) is 0 Å². The molecule has 0 unspecified atom stereocenters. The maximum Gasteiger partial charge on any atom is 0.471 e. The Hall–Kier alpha value is -3.14. The van der Waals surface area contributed by atoms with Crippen molar-refractivity contribution in [3.05, 3.63) is 65.7 Å². The molecule has 0 aliphatic carbocycles. The lowest BCUT2D eigenvalue weighted by atomic mass is 9.99. The zero-order valence-electron chi connectivity index (χ0n) is 14.3. The predicted molar refractivity (Wildman–Crippen MR) is 94.6 cm³/mol. The summed E-state index contributed by atoms with van der Waals surface area (Å²) in [7, 11) is -3.58. The van der Waals surface area contributed by atoms with Gasteiger partial charge in [0.25, 0.3) is 0 Å². The predicted octanol–water partition coefficient (Wildman–Crippen LogP) is 2.72. The fourth-order valence-electron chi connectivity index (χ4n) is 2.31. The van der Waals surface area contributed by atoms with Crippen molar-refractivity contribution in [2.75, 3.05) is 6.26 Å². The minimum atomic E-state index is -5.25. The summed E-state index contributed by atoms with van der Waals surface area (Å²) in [6.45, 7) is 0. The van der Waals surface area contributed by atoms with Crippen molar-refractivity contribution in [2.45, 2.75) is 11.1 Å². The molecule has 0 fully saturated rings. The summed E-state index contributed by atoms with van der Waals surface area (Å²) in [6.07, 6.45) is -4.31. The number of carbonyl (C=O) groups is 2. The van der Waals surface area contributed by atoms with Crippen LogP contribution in [0.4, 0.5) is 13.2 Å². The monoisotopic (exact) mass is 413 g/mol. The van der Waals surface area contributed by atoms with Crippen LogP contribution in [0.1, 0.15) is 11.1 Å². The van der Waals surface area contributed by atoms with Gasteiger partial charge in [-0.3, -0.25) is 4.79 Å². The van der Waals surface area contributed by atoms with Crippen molar-refractivity contribution in [1.29, 1.82) is 0 Å². The highest BCUT2D eigenvalue weighted by Crippen LogP contribution is 2.27. The van der Waals surface area contributed by atoms with Crippen LogP contribution in [0.3, 0.4) is 0 Å². The maximum absolute atomic E-state index is 12.8. The van der Waals surface area contributed by atoms with Crippen LogP contribution in [0.25, 0.3) is 11.3 Å². The Morgan fingerprint density at radius 1 is 0.929 bits per heavy atom. The van der Waals surface area contributed by atoms with E-state index in [9.17, 15) is 36.3 Å². The van der Waals surface area contributed by atoms with E-state index in [1.54, 1.807) is 11.4 Å². The largest absolute Gasteiger partial charge is 0.478 e. The lowest BCUT2D eigenvalue weighted by Gasteiger charge is -2.16. The first-order valence-electron chi connectivity index (χ1n) is 7.63. The number of hydrogen-bond donors (Lipinski definition) is 2. The average molecular weight is 413 g/mol. The first-order valence-corrected chi connectivity index (χ1v) is 9.52. The third-order valence-corrected chi connectivity index (χ3v) is 4.72. The number of hydrogen-bond acceptors (Lipinski definition) is 4. The normalized spacial score (nSPS) is 12.9. The lowest BCUT2D eigenvalue weighted by molar-refractivity contribution is -0.172. The van der Waals surface area contributed by atoms with E-state index >= 15 is 0 Å². The molecular weight excluding hydrogens is 399 g/mol. The van der Waals surface area contributed by atoms with Crippen LogP contribution in [0.5, 0.6) is 0 Å². The smallest absolute Gasteiger partial charge is 0.471 e. The van der Waals surface area contributed by atoms with Gasteiger partial charge in [-0.25, -0.2) is 13.2 Å². The zero-order valence-corrected chi connectivity index (χ0v) is 15.1. The fraction of sp³-hybridized carbons (Fsp3) is 0.111. The van der Waals surface area contributed by atoms with Crippen LogP contribution in [0.2, 0.25) is 0 Å². The van der Waals surface area contributed by atoms with Crippen LogP contribution < -0.4 is 5.32 Å². The molecule has 0 bridgehead atoms. The minimum absolute atomic E-state index is 0.0552. The highest BCUT2D eigenvalue weighted by atomic mass is 32.2. The third kappa shape index (κ3) is 4.97. The Kier molecular flexibility index (Phi) is 5.93. The molecule has 0 saturated heterocycles. The SMILES string of the molecule is CS(=O)(=O)c1ccc(/C(NC(=O)C(F)(F)F)=C(/C(=O)O)c2ccccc2)cc1. The van der Waals surface area contributed by atoms with Crippen molar-refractivity contribution in [3.63, 3.8) is 0 Å². The number of sulfone groups is 1. The number of rotatable bonds is 5. The number of nitrogens with one attached hydrogen (secondary N) is 1. The molecule has 0 atom stereocenters. The van der Waals surface area contributed by atoms with E-state index in [-0.39, 0.29) is 16.0 Å². The van der Waals surface area contributed by atoms with E-state index in [0.717, 1.165) is 30.5 Å². The van der Waals surface area contributed by atoms with Crippen molar-refractivity contribution in [3.8, 4) is 0 Å². The Morgan fingerprint density at radius 2 is 1.46 bits per heavy atom. The second-order valence-electron chi connectivity index (χ2n) is 5.67. The molecule has 0 heterocycles. The Labute approximate surface area is 158 Å². The molecular formula is C18H14F3NO5S. The van der Waals surface area contributed by atoms with E-state index in [2.05, 4.69) is 0 Å². The summed E-state index contributed by atoms with van der Waals surface area (Å²) < 4.78 is 61.4. The first-order chi connectivity index (χ1) is 12.9. The maximum atomic E-state index is 12.8. The standard InChI is InChI=1S/C18H14F3NO5S/c1-28(26,27)13-9-7-12(8-10-13)15(22-17(25)18(19,20)21)14(16(23)24)11-5-3-2-4-6-11/h2-10H,1H3,(H,22,25)(H,23,24)/b15-14-. The molecule has 2 aromatic rings. The van der Waals surface area contributed by atoms with Gasteiger partial charge in [-0.05, 0) is 23.3 Å². The van der Waals surface area contributed by atoms with Gasteiger partial charge in [0.05, 0.1) is 16.2 Å². The summed E-state index contributed by atoms with van der Waals surface area (Å²) >= 11 is 0. The van der Waals surface area contributed by atoms with Crippen LogP contribution in [0, 0.1) is 0 Å². The van der Waals surface area contributed by atoms with Gasteiger partial charge < -0.3 is 10.4 Å². The molecule has 0 spiro atoms. The van der Waals surface area contributed by atoms with Gasteiger partial charge in [0.15, 0.2) is 9.84 Å². The van der Waals surface area contributed by atoms with Gasteiger partial charge in [-0.1, -0.05) is 42.5 Å². The molecule has 28 heavy (non-hydrogen) atoms. The van der Waals surface area contributed by atoms with Crippen LogP contribution in [-0.2, 0) is 19.4 Å².